The molecule has 2 rings (SSSR count). The fourth-order valence-electron chi connectivity index (χ4n) is 2.00. The summed E-state index contributed by atoms with van der Waals surface area (Å²) in [6, 6.07) is 13.7. The predicted octanol–water partition coefficient (Wildman–Crippen LogP) is 4.30. The third kappa shape index (κ3) is 3.45. The second kappa shape index (κ2) is 6.66. The summed E-state index contributed by atoms with van der Waals surface area (Å²) >= 11 is 3.34. The first-order valence-electron chi connectivity index (χ1n) is 6.40. The number of para-hydroxylation sites is 1. The number of rotatable bonds is 5. The highest BCUT2D eigenvalue weighted by molar-refractivity contribution is 9.10. The minimum Gasteiger partial charge on any atom is -0.362 e. The van der Waals surface area contributed by atoms with Gasteiger partial charge in [0, 0.05) is 16.6 Å². The van der Waals surface area contributed by atoms with Crippen molar-refractivity contribution >= 4 is 27.4 Å². The number of benzene rings is 2. The van der Waals surface area contributed by atoms with Crippen LogP contribution in [0.2, 0.25) is 0 Å². The lowest BCUT2D eigenvalue weighted by Crippen LogP contribution is -2.30. The van der Waals surface area contributed by atoms with Gasteiger partial charge in [0.2, 0.25) is 0 Å². The van der Waals surface area contributed by atoms with E-state index < -0.39 is 0 Å². The van der Waals surface area contributed by atoms with Crippen LogP contribution in [0.25, 0.3) is 0 Å². The lowest BCUT2D eigenvalue weighted by atomic mass is 10.1. The maximum absolute atomic E-state index is 13.8. The van der Waals surface area contributed by atoms with Crippen LogP contribution in [-0.2, 0) is 0 Å². The van der Waals surface area contributed by atoms with Crippen molar-refractivity contribution < 1.29 is 9.18 Å². The standard InChI is InChI=1S/C16H15BrFNO/c1-2-19(15-9-4-3-8-14(15)18)11-16(20)12-6-5-7-13(17)10-12/h3-10H,2,11H2,1H3. The van der Waals surface area contributed by atoms with Gasteiger partial charge in [0.25, 0.3) is 0 Å². The van der Waals surface area contributed by atoms with E-state index >= 15 is 0 Å². The van der Waals surface area contributed by atoms with Gasteiger partial charge in [-0.3, -0.25) is 4.79 Å². The van der Waals surface area contributed by atoms with Crippen LogP contribution in [0.1, 0.15) is 17.3 Å². The molecular weight excluding hydrogens is 321 g/mol. The van der Waals surface area contributed by atoms with Crippen LogP contribution in [0, 0.1) is 5.82 Å². The molecular formula is C16H15BrFNO. The van der Waals surface area contributed by atoms with Crippen molar-refractivity contribution in [3.8, 4) is 0 Å². The van der Waals surface area contributed by atoms with Gasteiger partial charge in [-0.1, -0.05) is 40.2 Å². The molecule has 0 aromatic heterocycles. The Morgan fingerprint density at radius 2 is 1.95 bits per heavy atom. The Balaban J connectivity index is 2.19. The van der Waals surface area contributed by atoms with E-state index in [1.807, 2.05) is 19.1 Å². The highest BCUT2D eigenvalue weighted by Crippen LogP contribution is 2.19. The largest absolute Gasteiger partial charge is 0.362 e. The summed E-state index contributed by atoms with van der Waals surface area (Å²) < 4.78 is 14.6. The number of carbonyl (C=O) groups excluding carboxylic acids is 1. The fourth-order valence-corrected chi connectivity index (χ4v) is 2.40. The van der Waals surface area contributed by atoms with E-state index in [1.165, 1.54) is 6.07 Å². The molecule has 0 bridgehead atoms. The molecule has 0 aliphatic carbocycles. The van der Waals surface area contributed by atoms with Gasteiger partial charge in [-0.2, -0.15) is 0 Å². The first-order valence-corrected chi connectivity index (χ1v) is 7.19. The van der Waals surface area contributed by atoms with Crippen molar-refractivity contribution in [1.82, 2.24) is 0 Å². The number of anilines is 1. The second-order valence-corrected chi connectivity index (χ2v) is 5.31. The summed E-state index contributed by atoms with van der Waals surface area (Å²) in [6.45, 7) is 2.63. The van der Waals surface area contributed by atoms with Gasteiger partial charge < -0.3 is 4.90 Å². The van der Waals surface area contributed by atoms with E-state index in [4.69, 9.17) is 0 Å². The Morgan fingerprint density at radius 1 is 1.20 bits per heavy atom. The van der Waals surface area contributed by atoms with E-state index in [1.54, 1.807) is 35.2 Å². The van der Waals surface area contributed by atoms with Gasteiger partial charge in [0.1, 0.15) is 5.82 Å². The summed E-state index contributed by atoms with van der Waals surface area (Å²) in [6.07, 6.45) is 0. The molecule has 2 aromatic carbocycles. The lowest BCUT2D eigenvalue weighted by Gasteiger charge is -2.22. The van der Waals surface area contributed by atoms with Crippen LogP contribution in [0.15, 0.2) is 53.0 Å². The van der Waals surface area contributed by atoms with Crippen molar-refractivity contribution in [3.05, 3.63) is 64.4 Å². The molecule has 0 saturated heterocycles. The average molecular weight is 336 g/mol. The maximum Gasteiger partial charge on any atom is 0.182 e. The highest BCUT2D eigenvalue weighted by atomic mass is 79.9. The van der Waals surface area contributed by atoms with E-state index in [9.17, 15) is 9.18 Å². The minimum absolute atomic E-state index is 0.0311. The van der Waals surface area contributed by atoms with E-state index in [2.05, 4.69) is 15.9 Å². The zero-order valence-electron chi connectivity index (χ0n) is 11.1. The van der Waals surface area contributed by atoms with Gasteiger partial charge >= 0.3 is 0 Å². The molecule has 2 aromatic rings. The molecule has 0 spiro atoms. The molecule has 0 atom stereocenters. The minimum atomic E-state index is -0.309. The summed E-state index contributed by atoms with van der Waals surface area (Å²) in [5.41, 5.74) is 1.08. The average Bonchev–Trinajstić information content (AvgIpc) is 2.45. The molecule has 2 nitrogen and oxygen atoms in total. The smallest absolute Gasteiger partial charge is 0.182 e. The third-order valence-electron chi connectivity index (χ3n) is 3.06. The second-order valence-electron chi connectivity index (χ2n) is 4.40. The summed E-state index contributed by atoms with van der Waals surface area (Å²) in [7, 11) is 0. The molecule has 0 radical (unpaired) electrons. The molecule has 4 heteroatoms. The predicted molar refractivity (Wildman–Crippen MR) is 82.8 cm³/mol. The number of halogens is 2. The van der Waals surface area contributed by atoms with Crippen molar-refractivity contribution in [1.29, 1.82) is 0 Å². The van der Waals surface area contributed by atoms with Crippen LogP contribution >= 0.6 is 15.9 Å². The Bertz CT molecular complexity index is 615. The molecule has 20 heavy (non-hydrogen) atoms. The van der Waals surface area contributed by atoms with Gasteiger partial charge in [-0.15, -0.1) is 0 Å². The van der Waals surface area contributed by atoms with Gasteiger partial charge in [-0.05, 0) is 31.2 Å². The quantitative estimate of drug-likeness (QED) is 0.759. The van der Waals surface area contributed by atoms with Crippen molar-refractivity contribution in [3.63, 3.8) is 0 Å². The van der Waals surface area contributed by atoms with Crippen LogP contribution in [0.3, 0.4) is 0 Å². The Morgan fingerprint density at radius 3 is 2.60 bits per heavy atom. The molecule has 0 fully saturated rings. The third-order valence-corrected chi connectivity index (χ3v) is 3.55. The first kappa shape index (κ1) is 14.7. The highest BCUT2D eigenvalue weighted by Gasteiger charge is 2.14. The van der Waals surface area contributed by atoms with E-state index in [0.29, 0.717) is 17.8 Å². The SMILES string of the molecule is CCN(CC(=O)c1cccc(Br)c1)c1ccccc1F. The first-order chi connectivity index (χ1) is 9.61. The number of hydrogen-bond donors (Lipinski definition) is 0. The summed E-state index contributed by atoms with van der Waals surface area (Å²) in [5.74, 6) is -0.340. The number of nitrogens with zero attached hydrogens (tertiary/aromatic N) is 1. The van der Waals surface area contributed by atoms with Crippen LogP contribution < -0.4 is 4.90 Å². The van der Waals surface area contributed by atoms with Gasteiger partial charge in [0.15, 0.2) is 5.78 Å². The van der Waals surface area contributed by atoms with E-state index in [0.717, 1.165) is 4.47 Å². The molecule has 0 heterocycles. The van der Waals surface area contributed by atoms with Crippen LogP contribution in [0.4, 0.5) is 10.1 Å². The topological polar surface area (TPSA) is 20.3 Å². The van der Waals surface area contributed by atoms with Crippen LogP contribution in [0.5, 0.6) is 0 Å². The molecule has 0 unspecified atom stereocenters. The van der Waals surface area contributed by atoms with Crippen molar-refractivity contribution in [2.45, 2.75) is 6.92 Å². The maximum atomic E-state index is 13.8. The molecule has 0 N–H and O–H groups in total. The molecule has 0 aliphatic heterocycles. The normalized spacial score (nSPS) is 10.3. The number of Topliss-reactive ketones (excluding diaryl/α,β-unsaturated/α-hetero) is 1. The van der Waals surface area contributed by atoms with Crippen molar-refractivity contribution in [2.75, 3.05) is 18.0 Å². The Hall–Kier alpha value is -1.68. The molecule has 104 valence electrons. The monoisotopic (exact) mass is 335 g/mol. The lowest BCUT2D eigenvalue weighted by molar-refractivity contribution is 0.0999. The number of carbonyl (C=O) groups is 1. The number of ketones is 1. The Kier molecular flexibility index (Phi) is 4.90. The summed E-state index contributed by atoms with van der Waals surface area (Å²) in [4.78, 5) is 14.0. The molecule has 0 saturated carbocycles. The van der Waals surface area contributed by atoms with Crippen molar-refractivity contribution in [2.24, 2.45) is 0 Å². The fraction of sp³-hybridized carbons (Fsp3) is 0.188. The van der Waals surface area contributed by atoms with Crippen LogP contribution in [-0.4, -0.2) is 18.9 Å². The number of hydrogen-bond acceptors (Lipinski definition) is 2. The zero-order chi connectivity index (χ0) is 14.5. The summed E-state index contributed by atoms with van der Waals surface area (Å²) in [5, 5.41) is 0. The van der Waals surface area contributed by atoms with Gasteiger partial charge in [-0.25, -0.2) is 4.39 Å². The molecule has 0 amide bonds. The number of likely N-dealkylation sites (N-methyl/N-ethyl adjacent to an activating group) is 1. The van der Waals surface area contributed by atoms with E-state index in [-0.39, 0.29) is 18.1 Å². The molecule has 0 aliphatic rings. The Labute approximate surface area is 126 Å². The van der Waals surface area contributed by atoms with Gasteiger partial charge in [0.05, 0.1) is 12.2 Å². The zero-order valence-corrected chi connectivity index (χ0v) is 12.7.